The van der Waals surface area contributed by atoms with E-state index in [-0.39, 0.29) is 49.9 Å². The summed E-state index contributed by atoms with van der Waals surface area (Å²) in [5, 5.41) is 8.80. The van der Waals surface area contributed by atoms with Gasteiger partial charge in [-0.3, -0.25) is 14.4 Å². The standard InChI is InChI=1S/C11H18O4.Ca.2H/c1-10(2,3)7(12)6-8(13)11(4,5)9(14)15;;;/h6H2,1-5H3,(H,14,15);;;. The zero-order valence-corrected chi connectivity index (χ0v) is 9.88. The van der Waals surface area contributed by atoms with Crippen molar-refractivity contribution in [1.29, 1.82) is 0 Å². The molecule has 0 saturated heterocycles. The van der Waals surface area contributed by atoms with Gasteiger partial charge in [-0.25, -0.2) is 0 Å². The van der Waals surface area contributed by atoms with Crippen LogP contribution >= 0.6 is 0 Å². The Bertz CT molecular complexity index is 300. The average molecular weight is 256 g/mol. The second kappa shape index (κ2) is 6.12. The van der Waals surface area contributed by atoms with Crippen molar-refractivity contribution in [1.82, 2.24) is 0 Å². The van der Waals surface area contributed by atoms with Crippen molar-refractivity contribution in [3.63, 3.8) is 0 Å². The van der Waals surface area contributed by atoms with Crippen LogP contribution in [-0.2, 0) is 14.4 Å². The number of hydrogen-bond acceptors (Lipinski definition) is 3. The van der Waals surface area contributed by atoms with Crippen LogP contribution in [0.5, 0.6) is 0 Å². The molecule has 1 N–H and O–H groups in total. The first-order valence-corrected chi connectivity index (χ1v) is 4.79. The van der Waals surface area contributed by atoms with E-state index in [0.29, 0.717) is 0 Å². The summed E-state index contributed by atoms with van der Waals surface area (Å²) < 4.78 is 0. The van der Waals surface area contributed by atoms with E-state index in [1.165, 1.54) is 13.8 Å². The number of aliphatic carboxylic acids is 1. The number of ketones is 2. The molecule has 0 aromatic carbocycles. The molecule has 4 nitrogen and oxygen atoms in total. The molecule has 0 bridgehead atoms. The molecule has 0 rings (SSSR count). The Morgan fingerprint density at radius 1 is 0.938 bits per heavy atom. The van der Waals surface area contributed by atoms with E-state index in [1.807, 2.05) is 0 Å². The summed E-state index contributed by atoms with van der Waals surface area (Å²) in [6, 6.07) is 0. The van der Waals surface area contributed by atoms with Crippen LogP contribution in [0.4, 0.5) is 0 Å². The predicted octanol–water partition coefficient (Wildman–Crippen LogP) is 0.755. The Balaban J connectivity index is 0. The minimum atomic E-state index is -1.49. The molecule has 0 aromatic rings. The summed E-state index contributed by atoms with van der Waals surface area (Å²) in [5.41, 5.74) is -2.09. The summed E-state index contributed by atoms with van der Waals surface area (Å²) >= 11 is 0. The maximum absolute atomic E-state index is 11.6. The van der Waals surface area contributed by atoms with Crippen LogP contribution in [0, 0.1) is 10.8 Å². The van der Waals surface area contributed by atoms with Gasteiger partial charge < -0.3 is 5.11 Å². The topological polar surface area (TPSA) is 71.4 Å². The number of carboxylic acids is 1. The van der Waals surface area contributed by atoms with Gasteiger partial charge in [0.1, 0.15) is 11.2 Å². The van der Waals surface area contributed by atoms with Crippen molar-refractivity contribution in [3.05, 3.63) is 0 Å². The van der Waals surface area contributed by atoms with Crippen LogP contribution in [0.25, 0.3) is 0 Å². The molecule has 0 unspecified atom stereocenters. The fourth-order valence-electron chi connectivity index (χ4n) is 0.751. The summed E-state index contributed by atoms with van der Waals surface area (Å²) in [7, 11) is 0. The monoisotopic (exact) mass is 256 g/mol. The van der Waals surface area contributed by atoms with Gasteiger partial charge in [-0.1, -0.05) is 20.8 Å². The van der Waals surface area contributed by atoms with E-state index in [2.05, 4.69) is 0 Å². The van der Waals surface area contributed by atoms with Gasteiger partial charge in [-0.15, -0.1) is 0 Å². The molecule has 0 aliphatic rings. The van der Waals surface area contributed by atoms with Crippen molar-refractivity contribution in [3.8, 4) is 0 Å². The number of carbonyl (C=O) groups excluding carboxylic acids is 2. The van der Waals surface area contributed by atoms with Crippen molar-refractivity contribution < 1.29 is 19.5 Å². The first-order valence-electron chi connectivity index (χ1n) is 4.79. The Morgan fingerprint density at radius 2 is 1.31 bits per heavy atom. The predicted molar refractivity (Wildman–Crippen MR) is 64.0 cm³/mol. The van der Waals surface area contributed by atoms with Crippen molar-refractivity contribution in [2.45, 2.75) is 41.0 Å². The molecule has 0 heterocycles. The third-order valence-corrected chi connectivity index (χ3v) is 2.39. The first kappa shape index (κ1) is 18.4. The van der Waals surface area contributed by atoms with Crippen molar-refractivity contribution in [2.75, 3.05) is 0 Å². The van der Waals surface area contributed by atoms with Gasteiger partial charge >= 0.3 is 43.7 Å². The van der Waals surface area contributed by atoms with Crippen LogP contribution in [0.1, 0.15) is 41.0 Å². The fourth-order valence-corrected chi connectivity index (χ4v) is 0.751. The zero-order chi connectivity index (χ0) is 12.4. The van der Waals surface area contributed by atoms with Gasteiger partial charge in [0, 0.05) is 5.41 Å². The van der Waals surface area contributed by atoms with E-state index in [0.717, 1.165) is 0 Å². The molecule has 0 aromatic heterocycles. The number of carboxylic acid groups (broad SMARTS) is 1. The molecule has 0 spiro atoms. The summed E-state index contributed by atoms with van der Waals surface area (Å²) in [4.78, 5) is 33.9. The second-order valence-corrected chi connectivity index (χ2v) is 5.20. The average Bonchev–Trinajstić information content (AvgIpc) is 2.01. The van der Waals surface area contributed by atoms with Crippen molar-refractivity contribution >= 4 is 55.3 Å². The third-order valence-electron chi connectivity index (χ3n) is 2.39. The van der Waals surface area contributed by atoms with Gasteiger partial charge in [-0.2, -0.15) is 0 Å². The Kier molecular flexibility index (Phi) is 7.06. The number of carbonyl (C=O) groups is 3. The SMILES string of the molecule is CC(C)(C)C(=O)CC(=O)C(C)(C)C(=O)O.[CaH2]. The van der Waals surface area contributed by atoms with Crippen LogP contribution < -0.4 is 0 Å². The summed E-state index contributed by atoms with van der Waals surface area (Å²) in [5.74, 6) is -1.98. The van der Waals surface area contributed by atoms with Gasteiger partial charge in [0.05, 0.1) is 6.42 Å². The summed E-state index contributed by atoms with van der Waals surface area (Å²) in [6.45, 7) is 7.74. The van der Waals surface area contributed by atoms with E-state index < -0.39 is 22.6 Å². The Hall–Kier alpha value is 0.0697. The third kappa shape index (κ3) is 4.93. The molecule has 90 valence electrons. The molecule has 0 aliphatic carbocycles. The number of Topliss-reactive ketones (excluding diaryl/α,β-unsaturated/α-hetero) is 2. The zero-order valence-electron chi connectivity index (χ0n) is 9.88. The van der Waals surface area contributed by atoms with Gasteiger partial charge in [0.2, 0.25) is 0 Å². The molecule has 0 radical (unpaired) electrons. The van der Waals surface area contributed by atoms with E-state index in [9.17, 15) is 14.4 Å². The molecular weight excluding hydrogens is 236 g/mol. The molecule has 0 aliphatic heterocycles. The van der Waals surface area contributed by atoms with E-state index in [4.69, 9.17) is 5.11 Å². The van der Waals surface area contributed by atoms with Gasteiger partial charge in [-0.05, 0) is 13.8 Å². The van der Waals surface area contributed by atoms with Crippen LogP contribution in [-0.4, -0.2) is 60.4 Å². The molecule has 0 fully saturated rings. The summed E-state index contributed by atoms with van der Waals surface area (Å²) in [6.07, 6.45) is -0.317. The molecular formula is C11H20CaO4. The second-order valence-electron chi connectivity index (χ2n) is 5.20. The van der Waals surface area contributed by atoms with Gasteiger partial charge in [0.15, 0.2) is 5.78 Å². The molecule has 16 heavy (non-hydrogen) atoms. The molecule has 0 atom stereocenters. The molecule has 0 saturated carbocycles. The van der Waals surface area contributed by atoms with Crippen molar-refractivity contribution in [2.24, 2.45) is 10.8 Å². The quantitative estimate of drug-likeness (QED) is 0.595. The maximum atomic E-state index is 11.6. The molecule has 0 amide bonds. The number of rotatable bonds is 4. The van der Waals surface area contributed by atoms with Crippen LogP contribution in [0.3, 0.4) is 0 Å². The Labute approximate surface area is 126 Å². The van der Waals surface area contributed by atoms with Crippen LogP contribution in [0.15, 0.2) is 0 Å². The van der Waals surface area contributed by atoms with E-state index in [1.54, 1.807) is 20.8 Å². The van der Waals surface area contributed by atoms with Crippen LogP contribution in [0.2, 0.25) is 0 Å². The Morgan fingerprint density at radius 3 is 1.56 bits per heavy atom. The van der Waals surface area contributed by atoms with E-state index >= 15 is 0 Å². The van der Waals surface area contributed by atoms with Gasteiger partial charge in [0.25, 0.3) is 0 Å². The first-order chi connectivity index (χ1) is 6.49. The normalized spacial score (nSPS) is 11.6. The molecule has 5 heteroatoms. The fraction of sp³-hybridized carbons (Fsp3) is 0.727. The minimum absolute atomic E-state index is 0. The number of hydrogen-bond donors (Lipinski definition) is 1.